The lowest BCUT2D eigenvalue weighted by molar-refractivity contribution is -0.274. The van der Waals surface area contributed by atoms with Crippen LogP contribution in [0, 0.1) is 0 Å². The number of halogens is 3. The van der Waals surface area contributed by atoms with E-state index in [1.807, 2.05) is 27.7 Å². The number of benzene rings is 1. The van der Waals surface area contributed by atoms with Crippen LogP contribution in [0.15, 0.2) is 28.2 Å². The molecular formula is C21H29BF3N5O3. The summed E-state index contributed by atoms with van der Waals surface area (Å²) in [5.74, 6) is -0.295. The first-order chi connectivity index (χ1) is 15.2. The van der Waals surface area contributed by atoms with E-state index >= 15 is 0 Å². The fraction of sp³-hybridized carbons (Fsp3) is 0.619. The van der Waals surface area contributed by atoms with Gasteiger partial charge in [0.15, 0.2) is 0 Å². The number of aliphatic imine (C=N–C) groups is 2. The zero-order valence-electron chi connectivity index (χ0n) is 19.2. The molecule has 2 aliphatic heterocycles. The highest BCUT2D eigenvalue weighted by molar-refractivity contribution is 6.64. The van der Waals surface area contributed by atoms with Crippen molar-refractivity contribution in [2.75, 3.05) is 4.90 Å². The average molecular weight is 467 g/mol. The Morgan fingerprint density at radius 1 is 1.03 bits per heavy atom. The molecule has 0 aromatic heterocycles. The minimum atomic E-state index is -4.85. The van der Waals surface area contributed by atoms with E-state index in [0.29, 0.717) is 24.0 Å². The zero-order chi connectivity index (χ0) is 24.2. The molecule has 0 atom stereocenters. The molecule has 0 bridgehead atoms. The summed E-state index contributed by atoms with van der Waals surface area (Å²) in [5, 5.41) is 0. The van der Waals surface area contributed by atoms with Crippen LogP contribution in [-0.2, 0) is 9.31 Å². The number of rotatable bonds is 3. The molecule has 2 fully saturated rings. The first-order valence-electron chi connectivity index (χ1n) is 11.0. The molecule has 1 saturated carbocycles. The van der Waals surface area contributed by atoms with Gasteiger partial charge in [0.25, 0.3) is 0 Å². The summed E-state index contributed by atoms with van der Waals surface area (Å²) in [6.07, 6.45) is -0.858. The van der Waals surface area contributed by atoms with Crippen molar-refractivity contribution in [3.8, 4) is 5.75 Å². The molecule has 1 aliphatic carbocycles. The number of anilines is 1. The predicted octanol–water partition coefficient (Wildman–Crippen LogP) is 2.99. The Balaban J connectivity index is 1.86. The standard InChI is InChI=1S/C21H29BF3N5O3/c1-18(2)19(3,4)33-22(32-18)14-9-8-13(31-21(23,24)25)12-15(14)30-17(27)28-16(26)29-20(30)10-6-5-7-11-20/h8-9,12H,5-7,10-11H2,1-4H3,(H4,26,27,28,29). The summed E-state index contributed by atoms with van der Waals surface area (Å²) in [5.41, 5.74) is 10.9. The molecule has 1 aromatic rings. The molecule has 1 spiro atoms. The summed E-state index contributed by atoms with van der Waals surface area (Å²) >= 11 is 0. The van der Waals surface area contributed by atoms with Gasteiger partial charge in [-0.3, -0.25) is 4.90 Å². The minimum absolute atomic E-state index is 0.0468. The van der Waals surface area contributed by atoms with Gasteiger partial charge in [0.05, 0.1) is 11.2 Å². The van der Waals surface area contributed by atoms with E-state index in [4.69, 9.17) is 20.8 Å². The second-order valence-corrected chi connectivity index (χ2v) is 9.68. The first-order valence-corrected chi connectivity index (χ1v) is 11.0. The summed E-state index contributed by atoms with van der Waals surface area (Å²) in [6, 6.07) is 4.02. The van der Waals surface area contributed by atoms with Crippen LogP contribution < -0.4 is 26.6 Å². The van der Waals surface area contributed by atoms with Gasteiger partial charge in [-0.2, -0.15) is 4.99 Å². The van der Waals surface area contributed by atoms with Crippen LogP contribution in [0.4, 0.5) is 18.9 Å². The van der Waals surface area contributed by atoms with E-state index in [1.165, 1.54) is 18.2 Å². The highest BCUT2D eigenvalue weighted by Gasteiger charge is 2.53. The smallest absolute Gasteiger partial charge is 0.406 e. The number of ether oxygens (including phenoxy) is 1. The van der Waals surface area contributed by atoms with Crippen molar-refractivity contribution in [2.24, 2.45) is 21.5 Å². The third kappa shape index (κ3) is 4.38. The summed E-state index contributed by atoms with van der Waals surface area (Å²) in [6.45, 7) is 7.60. The largest absolute Gasteiger partial charge is 0.573 e. The third-order valence-electron chi connectivity index (χ3n) is 6.83. The Bertz CT molecular complexity index is 974. The maximum Gasteiger partial charge on any atom is 0.573 e. The predicted molar refractivity (Wildman–Crippen MR) is 120 cm³/mol. The van der Waals surface area contributed by atoms with E-state index in [0.717, 1.165) is 19.3 Å². The van der Waals surface area contributed by atoms with Crippen molar-refractivity contribution in [1.29, 1.82) is 0 Å². The van der Waals surface area contributed by atoms with Crippen LogP contribution in [0.5, 0.6) is 5.75 Å². The second kappa shape index (κ2) is 7.80. The van der Waals surface area contributed by atoms with E-state index < -0.39 is 30.3 Å². The van der Waals surface area contributed by atoms with Gasteiger partial charge < -0.3 is 25.5 Å². The van der Waals surface area contributed by atoms with E-state index in [2.05, 4.69) is 14.7 Å². The molecule has 1 aromatic carbocycles. The molecular weight excluding hydrogens is 438 g/mol. The Kier molecular flexibility index (Phi) is 5.60. The number of guanidine groups is 2. The molecule has 0 amide bonds. The highest BCUT2D eigenvalue weighted by atomic mass is 19.4. The minimum Gasteiger partial charge on any atom is -0.406 e. The Morgan fingerprint density at radius 2 is 1.64 bits per heavy atom. The van der Waals surface area contributed by atoms with Gasteiger partial charge in [0.1, 0.15) is 11.4 Å². The number of alkyl halides is 3. The lowest BCUT2D eigenvalue weighted by Crippen LogP contribution is -2.60. The van der Waals surface area contributed by atoms with E-state index in [-0.39, 0.29) is 17.7 Å². The molecule has 33 heavy (non-hydrogen) atoms. The van der Waals surface area contributed by atoms with Gasteiger partial charge in [-0.25, -0.2) is 4.99 Å². The average Bonchev–Trinajstić information content (AvgIpc) is 2.87. The van der Waals surface area contributed by atoms with Crippen LogP contribution >= 0.6 is 0 Å². The molecule has 0 radical (unpaired) electrons. The lowest BCUT2D eigenvalue weighted by Gasteiger charge is -2.46. The molecule has 1 saturated heterocycles. The summed E-state index contributed by atoms with van der Waals surface area (Å²) in [7, 11) is -0.846. The molecule has 12 heteroatoms. The van der Waals surface area contributed by atoms with Crippen LogP contribution in [-0.4, -0.2) is 42.3 Å². The van der Waals surface area contributed by atoms with Crippen molar-refractivity contribution >= 4 is 30.2 Å². The van der Waals surface area contributed by atoms with Gasteiger partial charge >= 0.3 is 13.5 Å². The fourth-order valence-electron chi connectivity index (χ4n) is 4.55. The fourth-order valence-corrected chi connectivity index (χ4v) is 4.55. The van der Waals surface area contributed by atoms with Gasteiger partial charge in [0, 0.05) is 17.2 Å². The molecule has 180 valence electrons. The van der Waals surface area contributed by atoms with Gasteiger partial charge in [0.2, 0.25) is 11.9 Å². The normalized spacial score (nSPS) is 24.0. The molecule has 3 aliphatic rings. The Morgan fingerprint density at radius 3 is 2.21 bits per heavy atom. The van der Waals surface area contributed by atoms with Crippen LogP contribution in [0.3, 0.4) is 0 Å². The van der Waals surface area contributed by atoms with Crippen molar-refractivity contribution in [1.82, 2.24) is 0 Å². The molecule has 4 N–H and O–H groups in total. The maximum atomic E-state index is 13.0. The quantitative estimate of drug-likeness (QED) is 0.662. The number of hydrogen-bond donors (Lipinski definition) is 2. The number of nitrogens with zero attached hydrogens (tertiary/aromatic N) is 3. The monoisotopic (exact) mass is 467 g/mol. The molecule has 0 unspecified atom stereocenters. The van der Waals surface area contributed by atoms with E-state index in [9.17, 15) is 13.2 Å². The Labute approximate surface area is 191 Å². The topological polar surface area (TPSA) is 108 Å². The van der Waals surface area contributed by atoms with Gasteiger partial charge in [-0.05, 0) is 59.4 Å². The van der Waals surface area contributed by atoms with Crippen molar-refractivity contribution < 1.29 is 27.2 Å². The Hall–Kier alpha value is -2.47. The zero-order valence-corrected chi connectivity index (χ0v) is 19.2. The second-order valence-electron chi connectivity index (χ2n) is 9.68. The number of nitrogens with two attached hydrogens (primary N) is 2. The van der Waals surface area contributed by atoms with E-state index in [1.54, 1.807) is 4.90 Å². The van der Waals surface area contributed by atoms with Crippen LogP contribution in [0.1, 0.15) is 59.8 Å². The lowest BCUT2D eigenvalue weighted by atomic mass is 9.76. The van der Waals surface area contributed by atoms with Gasteiger partial charge in [-0.1, -0.05) is 12.5 Å². The SMILES string of the molecule is CC1(C)OB(c2ccc(OC(F)(F)F)cc2N2C(N)=NC(N)=NC23CCCCC3)OC1(C)C. The summed E-state index contributed by atoms with van der Waals surface area (Å²) in [4.78, 5) is 10.4. The highest BCUT2D eigenvalue weighted by Crippen LogP contribution is 2.42. The third-order valence-corrected chi connectivity index (χ3v) is 6.83. The van der Waals surface area contributed by atoms with Crippen molar-refractivity contribution in [3.63, 3.8) is 0 Å². The van der Waals surface area contributed by atoms with Crippen LogP contribution in [0.25, 0.3) is 0 Å². The first kappa shape index (κ1) is 23.7. The van der Waals surface area contributed by atoms with Crippen molar-refractivity contribution in [2.45, 2.75) is 83.0 Å². The molecule has 4 rings (SSSR count). The van der Waals surface area contributed by atoms with Crippen LogP contribution in [0.2, 0.25) is 0 Å². The maximum absolute atomic E-state index is 13.0. The van der Waals surface area contributed by atoms with Gasteiger partial charge in [-0.15, -0.1) is 13.2 Å². The van der Waals surface area contributed by atoms with Crippen molar-refractivity contribution in [3.05, 3.63) is 18.2 Å². The molecule has 8 nitrogen and oxygen atoms in total. The summed E-state index contributed by atoms with van der Waals surface area (Å²) < 4.78 is 55.7. The number of hydrogen-bond acceptors (Lipinski definition) is 8. The molecule has 2 heterocycles.